The van der Waals surface area contributed by atoms with Gasteiger partial charge in [0.05, 0.1) is 12.7 Å². The lowest BCUT2D eigenvalue weighted by Crippen LogP contribution is -2.12. The van der Waals surface area contributed by atoms with E-state index in [2.05, 4.69) is 24.4 Å². The van der Waals surface area contributed by atoms with E-state index < -0.39 is 0 Å². The fourth-order valence-electron chi connectivity index (χ4n) is 2.20. The molecule has 0 aliphatic carbocycles. The van der Waals surface area contributed by atoms with Gasteiger partial charge in [-0.1, -0.05) is 12.1 Å². The molecule has 0 spiro atoms. The number of ether oxygens (including phenoxy) is 2. The summed E-state index contributed by atoms with van der Waals surface area (Å²) in [5.41, 5.74) is 1.28. The monoisotopic (exact) mass is 249 g/mol. The average Bonchev–Trinajstić information content (AvgIpc) is 2.92. The lowest BCUT2D eigenvalue weighted by molar-refractivity contribution is 0.0903. The molecule has 2 unspecified atom stereocenters. The lowest BCUT2D eigenvalue weighted by Gasteiger charge is -2.13. The maximum Gasteiger partial charge on any atom is 0.119 e. The normalized spacial score (nSPS) is 20.9. The Morgan fingerprint density at radius 1 is 1.39 bits per heavy atom. The van der Waals surface area contributed by atoms with Crippen LogP contribution in [0.3, 0.4) is 0 Å². The summed E-state index contributed by atoms with van der Waals surface area (Å²) in [5.74, 6) is 0.944. The molecule has 0 saturated carbocycles. The molecule has 0 amide bonds. The molecule has 1 N–H and O–H groups in total. The molecule has 0 radical (unpaired) electrons. The highest BCUT2D eigenvalue weighted by Crippen LogP contribution is 2.19. The van der Waals surface area contributed by atoms with Crippen LogP contribution in [0.15, 0.2) is 24.3 Å². The molecule has 0 bridgehead atoms. The predicted octanol–water partition coefficient (Wildman–Crippen LogP) is 2.91. The molecule has 2 atom stereocenters. The first-order valence-electron chi connectivity index (χ1n) is 6.81. The van der Waals surface area contributed by atoms with E-state index in [0.29, 0.717) is 12.1 Å². The van der Waals surface area contributed by atoms with E-state index in [-0.39, 0.29) is 0 Å². The van der Waals surface area contributed by atoms with Gasteiger partial charge in [0.25, 0.3) is 0 Å². The van der Waals surface area contributed by atoms with E-state index in [1.165, 1.54) is 18.4 Å². The molecule has 1 saturated heterocycles. The second-order valence-electron chi connectivity index (χ2n) is 4.85. The van der Waals surface area contributed by atoms with Crippen molar-refractivity contribution in [3.63, 3.8) is 0 Å². The molecule has 1 aliphatic heterocycles. The molecule has 3 heteroatoms. The van der Waals surface area contributed by atoms with E-state index in [0.717, 1.165) is 25.4 Å². The third-order valence-corrected chi connectivity index (χ3v) is 3.55. The fourth-order valence-corrected chi connectivity index (χ4v) is 2.20. The Hall–Kier alpha value is -1.06. The molecule has 18 heavy (non-hydrogen) atoms. The maximum atomic E-state index is 5.74. The third-order valence-electron chi connectivity index (χ3n) is 3.55. The highest BCUT2D eigenvalue weighted by Gasteiger charge is 2.14. The van der Waals surface area contributed by atoms with E-state index in [1.54, 1.807) is 0 Å². The summed E-state index contributed by atoms with van der Waals surface area (Å²) >= 11 is 0. The van der Waals surface area contributed by atoms with Crippen LogP contribution in [0.5, 0.6) is 5.75 Å². The van der Waals surface area contributed by atoms with Gasteiger partial charge in [0.2, 0.25) is 0 Å². The third kappa shape index (κ3) is 3.72. The van der Waals surface area contributed by atoms with Crippen LogP contribution in [-0.4, -0.2) is 26.4 Å². The Morgan fingerprint density at radius 2 is 2.17 bits per heavy atom. The minimum Gasteiger partial charge on any atom is -0.493 e. The Balaban J connectivity index is 1.75. The van der Waals surface area contributed by atoms with Crippen LogP contribution in [0.1, 0.15) is 37.8 Å². The maximum absolute atomic E-state index is 5.74. The van der Waals surface area contributed by atoms with Crippen molar-refractivity contribution >= 4 is 0 Å². The molecular weight excluding hydrogens is 226 g/mol. The summed E-state index contributed by atoms with van der Waals surface area (Å²) in [6.45, 7) is 3.81. The van der Waals surface area contributed by atoms with Gasteiger partial charge in [0, 0.05) is 19.1 Å². The largest absolute Gasteiger partial charge is 0.493 e. The molecule has 2 rings (SSSR count). The van der Waals surface area contributed by atoms with Crippen molar-refractivity contribution < 1.29 is 9.47 Å². The summed E-state index contributed by atoms with van der Waals surface area (Å²) in [5, 5.41) is 3.22. The minimum absolute atomic E-state index is 0.380. The van der Waals surface area contributed by atoms with Crippen molar-refractivity contribution in [3.8, 4) is 5.75 Å². The van der Waals surface area contributed by atoms with Gasteiger partial charge in [-0.05, 0) is 44.5 Å². The second kappa shape index (κ2) is 6.76. The average molecular weight is 249 g/mol. The standard InChI is InChI=1S/C15H23NO2/c1-12(16-2)13-5-7-15(8-6-13)18-11-9-14-4-3-10-17-14/h5-8,12,14,16H,3-4,9-11H2,1-2H3. The van der Waals surface area contributed by atoms with Crippen LogP contribution < -0.4 is 10.1 Å². The zero-order valence-electron chi connectivity index (χ0n) is 11.3. The number of hydrogen-bond acceptors (Lipinski definition) is 3. The molecule has 1 aromatic carbocycles. The van der Waals surface area contributed by atoms with Crippen molar-refractivity contribution in [2.75, 3.05) is 20.3 Å². The highest BCUT2D eigenvalue weighted by molar-refractivity contribution is 5.28. The van der Waals surface area contributed by atoms with E-state index in [4.69, 9.17) is 9.47 Å². The van der Waals surface area contributed by atoms with Gasteiger partial charge in [0.1, 0.15) is 5.75 Å². The van der Waals surface area contributed by atoms with Gasteiger partial charge in [-0.3, -0.25) is 0 Å². The summed E-state index contributed by atoms with van der Waals surface area (Å²) < 4.78 is 11.3. The molecule has 1 heterocycles. The van der Waals surface area contributed by atoms with E-state index in [1.807, 2.05) is 19.2 Å². The molecule has 1 aromatic rings. The Kier molecular flexibility index (Phi) is 5.02. The van der Waals surface area contributed by atoms with Crippen LogP contribution >= 0.6 is 0 Å². The van der Waals surface area contributed by atoms with Crippen molar-refractivity contribution in [1.29, 1.82) is 0 Å². The predicted molar refractivity (Wildman–Crippen MR) is 73.0 cm³/mol. The van der Waals surface area contributed by atoms with Crippen LogP contribution in [-0.2, 0) is 4.74 Å². The van der Waals surface area contributed by atoms with Crippen molar-refractivity contribution in [2.45, 2.75) is 38.3 Å². The fraction of sp³-hybridized carbons (Fsp3) is 0.600. The first-order valence-corrected chi connectivity index (χ1v) is 6.81. The van der Waals surface area contributed by atoms with Crippen LogP contribution in [0.2, 0.25) is 0 Å². The molecule has 100 valence electrons. The van der Waals surface area contributed by atoms with Gasteiger partial charge < -0.3 is 14.8 Å². The SMILES string of the molecule is CNC(C)c1ccc(OCCC2CCCO2)cc1. The molecule has 3 nitrogen and oxygen atoms in total. The highest BCUT2D eigenvalue weighted by atomic mass is 16.5. The van der Waals surface area contributed by atoms with Crippen molar-refractivity contribution in [2.24, 2.45) is 0 Å². The second-order valence-corrected chi connectivity index (χ2v) is 4.85. The minimum atomic E-state index is 0.380. The number of hydrogen-bond donors (Lipinski definition) is 1. The molecule has 1 aliphatic rings. The molecule has 1 fully saturated rings. The van der Waals surface area contributed by atoms with Gasteiger partial charge in [-0.25, -0.2) is 0 Å². The van der Waals surface area contributed by atoms with Crippen LogP contribution in [0, 0.1) is 0 Å². The number of benzene rings is 1. The smallest absolute Gasteiger partial charge is 0.119 e. The van der Waals surface area contributed by atoms with Crippen LogP contribution in [0.4, 0.5) is 0 Å². The summed E-state index contributed by atoms with van der Waals surface area (Å²) in [4.78, 5) is 0. The summed E-state index contributed by atoms with van der Waals surface area (Å²) in [7, 11) is 1.97. The van der Waals surface area contributed by atoms with Gasteiger partial charge in [-0.15, -0.1) is 0 Å². The zero-order valence-corrected chi connectivity index (χ0v) is 11.3. The quantitative estimate of drug-likeness (QED) is 0.841. The summed E-state index contributed by atoms with van der Waals surface area (Å²) in [6, 6.07) is 8.69. The Labute approximate surface area is 109 Å². The van der Waals surface area contributed by atoms with Gasteiger partial charge in [-0.2, -0.15) is 0 Å². The Morgan fingerprint density at radius 3 is 2.78 bits per heavy atom. The van der Waals surface area contributed by atoms with Crippen molar-refractivity contribution in [3.05, 3.63) is 29.8 Å². The number of rotatable bonds is 6. The van der Waals surface area contributed by atoms with Crippen molar-refractivity contribution in [1.82, 2.24) is 5.32 Å². The molecular formula is C15H23NO2. The topological polar surface area (TPSA) is 30.5 Å². The van der Waals surface area contributed by atoms with E-state index in [9.17, 15) is 0 Å². The summed E-state index contributed by atoms with van der Waals surface area (Å²) in [6.07, 6.45) is 3.78. The van der Waals surface area contributed by atoms with E-state index >= 15 is 0 Å². The zero-order chi connectivity index (χ0) is 12.8. The molecule has 0 aromatic heterocycles. The first kappa shape index (κ1) is 13.4. The Bertz CT molecular complexity index is 344. The van der Waals surface area contributed by atoms with Crippen LogP contribution in [0.25, 0.3) is 0 Å². The van der Waals surface area contributed by atoms with Gasteiger partial charge >= 0.3 is 0 Å². The first-order chi connectivity index (χ1) is 8.79. The number of nitrogens with one attached hydrogen (secondary N) is 1. The van der Waals surface area contributed by atoms with Gasteiger partial charge in [0.15, 0.2) is 0 Å². The lowest BCUT2D eigenvalue weighted by atomic mass is 10.1.